The number of benzene rings is 1. The Morgan fingerprint density at radius 3 is 2.11 bits per heavy atom. The second kappa shape index (κ2) is 7.55. The average Bonchev–Trinajstić information content (AvgIpc) is 2.34. The Balaban J connectivity index is 2.48. The van der Waals surface area contributed by atoms with Crippen LogP contribution in [0.5, 0.6) is 0 Å². The van der Waals surface area contributed by atoms with Crippen LogP contribution in [0.15, 0.2) is 24.3 Å². The van der Waals surface area contributed by atoms with Gasteiger partial charge in [0.05, 0.1) is 12.7 Å². The van der Waals surface area contributed by atoms with Crippen LogP contribution < -0.4 is 5.32 Å². The molecule has 0 spiro atoms. The molecule has 1 atom stereocenters. The van der Waals surface area contributed by atoms with E-state index in [-0.39, 0.29) is 0 Å². The summed E-state index contributed by atoms with van der Waals surface area (Å²) in [6.45, 7) is 12.5. The zero-order valence-corrected chi connectivity index (χ0v) is 12.4. The maximum Gasteiger partial charge on any atom is 0.0720 e. The van der Waals surface area contributed by atoms with Crippen molar-refractivity contribution in [1.82, 2.24) is 5.32 Å². The van der Waals surface area contributed by atoms with Gasteiger partial charge in [0.15, 0.2) is 0 Å². The minimum Gasteiger partial charge on any atom is -0.374 e. The summed E-state index contributed by atoms with van der Waals surface area (Å²) < 4.78 is 5.59. The van der Waals surface area contributed by atoms with Crippen LogP contribution in [0, 0.1) is 0 Å². The lowest BCUT2D eigenvalue weighted by Crippen LogP contribution is -2.26. The van der Waals surface area contributed by atoms with Crippen LogP contribution >= 0.6 is 0 Å². The van der Waals surface area contributed by atoms with Gasteiger partial charge in [-0.3, -0.25) is 0 Å². The van der Waals surface area contributed by atoms with E-state index in [1.807, 2.05) is 0 Å². The molecular formula is C16H27NO. The van der Waals surface area contributed by atoms with E-state index < -0.39 is 0 Å². The Morgan fingerprint density at radius 2 is 1.61 bits per heavy atom. The van der Waals surface area contributed by atoms with E-state index in [9.17, 15) is 0 Å². The molecule has 0 amide bonds. The normalized spacial score (nSPS) is 13.3. The minimum absolute atomic E-state index is 0.291. The summed E-state index contributed by atoms with van der Waals surface area (Å²) in [4.78, 5) is 0. The fourth-order valence-corrected chi connectivity index (χ4v) is 1.74. The molecular weight excluding hydrogens is 222 g/mol. The van der Waals surface area contributed by atoms with E-state index in [2.05, 4.69) is 64.2 Å². The first kappa shape index (κ1) is 15.2. The highest BCUT2D eigenvalue weighted by atomic mass is 16.5. The van der Waals surface area contributed by atoms with Gasteiger partial charge in [-0.1, -0.05) is 45.0 Å². The number of ether oxygens (including phenoxy) is 1. The van der Waals surface area contributed by atoms with E-state index in [0.29, 0.717) is 24.7 Å². The minimum atomic E-state index is 0.291. The molecule has 0 fully saturated rings. The van der Waals surface area contributed by atoms with Crippen LogP contribution in [0.4, 0.5) is 0 Å². The van der Waals surface area contributed by atoms with E-state index in [1.54, 1.807) is 0 Å². The van der Waals surface area contributed by atoms with Gasteiger partial charge in [-0.25, -0.2) is 0 Å². The zero-order chi connectivity index (χ0) is 13.5. The predicted octanol–water partition coefficient (Wildman–Crippen LogP) is 3.71. The second-order valence-corrected chi connectivity index (χ2v) is 5.57. The van der Waals surface area contributed by atoms with Crippen molar-refractivity contribution in [3.63, 3.8) is 0 Å². The third kappa shape index (κ3) is 5.65. The van der Waals surface area contributed by atoms with Crippen molar-refractivity contribution in [2.75, 3.05) is 6.54 Å². The highest BCUT2D eigenvalue weighted by Crippen LogP contribution is 2.16. The van der Waals surface area contributed by atoms with Crippen molar-refractivity contribution >= 4 is 0 Å². The molecule has 2 nitrogen and oxygen atoms in total. The first-order valence-electron chi connectivity index (χ1n) is 6.93. The Hall–Kier alpha value is -0.860. The summed E-state index contributed by atoms with van der Waals surface area (Å²) in [5.41, 5.74) is 2.63. The third-order valence-electron chi connectivity index (χ3n) is 2.96. The van der Waals surface area contributed by atoms with E-state index in [4.69, 9.17) is 4.74 Å². The molecule has 1 aromatic rings. The first-order chi connectivity index (χ1) is 8.49. The van der Waals surface area contributed by atoms with Gasteiger partial charge in [0.2, 0.25) is 0 Å². The molecule has 1 N–H and O–H groups in total. The van der Waals surface area contributed by atoms with Gasteiger partial charge < -0.3 is 10.1 Å². The fourth-order valence-electron chi connectivity index (χ4n) is 1.74. The smallest absolute Gasteiger partial charge is 0.0720 e. The molecule has 0 heterocycles. The van der Waals surface area contributed by atoms with Gasteiger partial charge in [0.1, 0.15) is 0 Å². The molecule has 0 saturated carbocycles. The lowest BCUT2D eigenvalue weighted by molar-refractivity contribution is 0.0657. The van der Waals surface area contributed by atoms with Crippen LogP contribution in [-0.2, 0) is 11.3 Å². The van der Waals surface area contributed by atoms with Gasteiger partial charge in [-0.2, -0.15) is 0 Å². The molecule has 1 unspecified atom stereocenters. The molecule has 1 aromatic carbocycles. The molecule has 0 aliphatic rings. The summed E-state index contributed by atoms with van der Waals surface area (Å²) in [5, 5.41) is 3.47. The van der Waals surface area contributed by atoms with Crippen LogP contribution in [0.1, 0.15) is 51.7 Å². The van der Waals surface area contributed by atoms with Gasteiger partial charge in [-0.05, 0) is 30.9 Å². The molecule has 0 aliphatic heterocycles. The molecule has 102 valence electrons. The van der Waals surface area contributed by atoms with Gasteiger partial charge >= 0.3 is 0 Å². The molecule has 18 heavy (non-hydrogen) atoms. The molecule has 0 saturated heterocycles. The van der Waals surface area contributed by atoms with Crippen LogP contribution in [0.2, 0.25) is 0 Å². The summed E-state index contributed by atoms with van der Waals surface area (Å²) in [6.07, 6.45) is 0.291. The summed E-state index contributed by atoms with van der Waals surface area (Å²) in [6, 6.07) is 9.32. The third-order valence-corrected chi connectivity index (χ3v) is 2.96. The van der Waals surface area contributed by atoms with Crippen molar-refractivity contribution in [3.8, 4) is 0 Å². The largest absolute Gasteiger partial charge is 0.374 e. The van der Waals surface area contributed by atoms with Gasteiger partial charge in [0.25, 0.3) is 0 Å². The Kier molecular flexibility index (Phi) is 6.37. The molecule has 0 radical (unpaired) electrons. The lowest BCUT2D eigenvalue weighted by atomic mass is 9.99. The van der Waals surface area contributed by atoms with Crippen LogP contribution in [-0.4, -0.2) is 18.7 Å². The van der Waals surface area contributed by atoms with Gasteiger partial charge in [0, 0.05) is 12.6 Å². The van der Waals surface area contributed by atoms with Crippen molar-refractivity contribution in [2.45, 2.75) is 59.3 Å². The van der Waals surface area contributed by atoms with Crippen molar-refractivity contribution in [3.05, 3.63) is 35.4 Å². The van der Waals surface area contributed by atoms with E-state index in [1.165, 1.54) is 11.1 Å². The summed E-state index contributed by atoms with van der Waals surface area (Å²) in [5.74, 6) is 0.549. The second-order valence-electron chi connectivity index (χ2n) is 5.57. The number of hydrogen-bond donors (Lipinski definition) is 1. The van der Waals surface area contributed by atoms with E-state index >= 15 is 0 Å². The summed E-state index contributed by atoms with van der Waals surface area (Å²) >= 11 is 0. The van der Waals surface area contributed by atoms with Crippen LogP contribution in [0.25, 0.3) is 0 Å². The molecule has 1 rings (SSSR count). The monoisotopic (exact) mass is 249 g/mol. The van der Waals surface area contributed by atoms with Crippen LogP contribution in [0.3, 0.4) is 0 Å². The lowest BCUT2D eigenvalue weighted by Gasteiger charge is -2.16. The topological polar surface area (TPSA) is 21.3 Å². The molecule has 0 aromatic heterocycles. The van der Waals surface area contributed by atoms with Crippen molar-refractivity contribution in [2.24, 2.45) is 0 Å². The van der Waals surface area contributed by atoms with E-state index in [0.717, 1.165) is 6.54 Å². The summed E-state index contributed by atoms with van der Waals surface area (Å²) in [7, 11) is 0. The number of nitrogens with one attached hydrogen (secondary N) is 1. The van der Waals surface area contributed by atoms with Crippen molar-refractivity contribution in [1.29, 1.82) is 0 Å². The maximum atomic E-state index is 5.59. The Bertz CT molecular complexity index is 329. The molecule has 0 bridgehead atoms. The predicted molar refractivity (Wildman–Crippen MR) is 77.9 cm³/mol. The quantitative estimate of drug-likeness (QED) is 0.795. The molecule has 0 aliphatic carbocycles. The Labute approximate surface area is 112 Å². The number of rotatable bonds is 7. The Morgan fingerprint density at radius 1 is 1.00 bits per heavy atom. The van der Waals surface area contributed by atoms with Crippen molar-refractivity contribution < 1.29 is 4.74 Å². The number of hydrogen-bond acceptors (Lipinski definition) is 2. The SMILES string of the molecule is CC(C)NCC(C)c1ccc(COC(C)C)cc1. The highest BCUT2D eigenvalue weighted by Gasteiger charge is 2.06. The average molecular weight is 249 g/mol. The van der Waals surface area contributed by atoms with Gasteiger partial charge in [-0.15, -0.1) is 0 Å². The highest BCUT2D eigenvalue weighted by molar-refractivity contribution is 5.24. The first-order valence-corrected chi connectivity index (χ1v) is 6.93. The standard InChI is InChI=1S/C16H27NO/c1-12(2)17-10-14(5)16-8-6-15(7-9-16)11-18-13(3)4/h6-9,12-14,17H,10-11H2,1-5H3. The zero-order valence-electron chi connectivity index (χ0n) is 12.4. The fraction of sp³-hybridized carbons (Fsp3) is 0.625. The molecule has 2 heteroatoms. The maximum absolute atomic E-state index is 5.59.